The van der Waals surface area contributed by atoms with Crippen LogP contribution < -0.4 is 0 Å². The van der Waals surface area contributed by atoms with Gasteiger partial charge in [0.05, 0.1) is 11.0 Å². The molecule has 0 aliphatic rings. The number of hydrogen-bond donors (Lipinski definition) is 0. The maximum Gasteiger partial charge on any atom is 0.399 e. The molecule has 1 aromatic carbocycles. The van der Waals surface area contributed by atoms with Crippen LogP contribution in [0.15, 0.2) is 18.2 Å². The lowest BCUT2D eigenvalue weighted by atomic mass is 10.3. The Labute approximate surface area is 62.0 Å². The van der Waals surface area contributed by atoms with Crippen LogP contribution in [0.2, 0.25) is 0 Å². The van der Waals surface area contributed by atoms with Crippen molar-refractivity contribution in [1.29, 1.82) is 5.39 Å². The zero-order valence-electron chi connectivity index (χ0n) is 5.39. The Morgan fingerprint density at radius 1 is 1.73 bits per heavy atom. The maximum absolute atomic E-state index is 10.1. The Bertz CT molecular complexity index is 329. The number of nitrogens with zero attached hydrogens (tertiary/aromatic N) is 3. The molecule has 0 heterocycles. The molecular weight excluding hydrogens is 146 g/mol. The Morgan fingerprint density at radius 2 is 2.45 bits per heavy atom. The Balaban J connectivity index is 3.13. The first-order valence-electron chi connectivity index (χ1n) is 2.75. The summed E-state index contributed by atoms with van der Waals surface area (Å²) in [5, 5.41) is 18.4. The first-order valence-corrected chi connectivity index (χ1v) is 2.75. The fourth-order valence-electron chi connectivity index (χ4n) is 0.614. The number of rotatable bonds is 1. The smallest absolute Gasteiger partial charge is 0.258 e. The summed E-state index contributed by atoms with van der Waals surface area (Å²) in [4.78, 5) is 12.3. The van der Waals surface area contributed by atoms with E-state index >= 15 is 0 Å². The lowest BCUT2D eigenvalue weighted by Crippen LogP contribution is -1.85. The molecule has 0 fully saturated rings. The molecule has 1 aromatic rings. The van der Waals surface area contributed by atoms with Gasteiger partial charge < -0.3 is 0 Å². The van der Waals surface area contributed by atoms with Gasteiger partial charge in [0, 0.05) is 6.07 Å². The highest BCUT2D eigenvalue weighted by Gasteiger charge is 2.11. The molecule has 0 saturated heterocycles. The second-order valence-corrected chi connectivity index (χ2v) is 1.79. The summed E-state index contributed by atoms with van der Waals surface area (Å²) in [7, 11) is 0. The number of nitro benzene ring substituents is 1. The zero-order chi connectivity index (χ0) is 8.27. The van der Waals surface area contributed by atoms with Crippen molar-refractivity contribution in [3.8, 4) is 0 Å². The molecule has 1 rings (SSSR count). The Morgan fingerprint density at radius 3 is 3.00 bits per heavy atom. The molecule has 11 heavy (non-hydrogen) atoms. The monoisotopic (exact) mass is 149 g/mol. The van der Waals surface area contributed by atoms with Crippen molar-refractivity contribution in [2.45, 2.75) is 0 Å². The summed E-state index contributed by atoms with van der Waals surface area (Å²) in [6.07, 6.45) is 0. The minimum atomic E-state index is -0.567. The molecule has 0 unspecified atom stereocenters. The van der Waals surface area contributed by atoms with Gasteiger partial charge in [0.25, 0.3) is 5.69 Å². The summed E-state index contributed by atoms with van der Waals surface area (Å²) < 4.78 is 0. The Kier molecular flexibility index (Phi) is 1.79. The SMILES string of the molecule is N#[N+]c1[c]ccc([N+](=O)[O-])c1. The van der Waals surface area contributed by atoms with Gasteiger partial charge in [0.15, 0.2) is 4.98 Å². The minimum absolute atomic E-state index is 0.0548. The quantitative estimate of drug-likeness (QED) is 0.347. The number of non-ortho nitro benzene ring substituents is 1. The standard InChI is InChI=1S/C6H3N3O2/c7-8-5-2-1-3-6(4-5)9(10)11/h1,3-4H/q+1. The van der Waals surface area contributed by atoms with Crippen LogP contribution in [0.5, 0.6) is 0 Å². The van der Waals surface area contributed by atoms with E-state index in [0.717, 1.165) is 6.07 Å². The molecule has 0 saturated carbocycles. The van der Waals surface area contributed by atoms with Crippen molar-refractivity contribution in [1.82, 2.24) is 0 Å². The molecule has 0 amide bonds. The summed E-state index contributed by atoms with van der Waals surface area (Å²) in [5.41, 5.74) is -0.0595. The average Bonchev–Trinajstić information content (AvgIpc) is 2.05. The third kappa shape index (κ3) is 1.49. The van der Waals surface area contributed by atoms with E-state index in [1.54, 1.807) is 0 Å². The maximum atomic E-state index is 10.1. The van der Waals surface area contributed by atoms with Crippen molar-refractivity contribution >= 4 is 11.4 Å². The van der Waals surface area contributed by atoms with Gasteiger partial charge in [-0.2, -0.15) is 0 Å². The van der Waals surface area contributed by atoms with Crippen LogP contribution >= 0.6 is 0 Å². The van der Waals surface area contributed by atoms with Gasteiger partial charge in [-0.25, -0.2) is 0 Å². The average molecular weight is 149 g/mol. The molecule has 0 aliphatic heterocycles. The zero-order valence-corrected chi connectivity index (χ0v) is 5.39. The number of diazo groups is 1. The third-order valence-corrected chi connectivity index (χ3v) is 1.09. The van der Waals surface area contributed by atoms with E-state index in [0.29, 0.717) is 0 Å². The van der Waals surface area contributed by atoms with Crippen molar-refractivity contribution in [2.75, 3.05) is 0 Å². The number of benzene rings is 1. The van der Waals surface area contributed by atoms with Crippen LogP contribution in [-0.2, 0) is 0 Å². The fraction of sp³-hybridized carbons (Fsp3) is 0. The summed E-state index contributed by atoms with van der Waals surface area (Å²) in [6.45, 7) is 0. The predicted octanol–water partition coefficient (Wildman–Crippen LogP) is 1.88. The molecule has 0 atom stereocenters. The van der Waals surface area contributed by atoms with Crippen molar-refractivity contribution in [2.24, 2.45) is 0 Å². The topological polar surface area (TPSA) is 71.3 Å². The summed E-state index contributed by atoms with van der Waals surface area (Å²) in [6, 6.07) is 6.22. The van der Waals surface area contributed by atoms with Gasteiger partial charge in [-0.3, -0.25) is 10.1 Å². The molecule has 5 nitrogen and oxygen atoms in total. The van der Waals surface area contributed by atoms with Gasteiger partial charge in [0.1, 0.15) is 6.07 Å². The molecule has 1 radical (unpaired) electrons. The first kappa shape index (κ1) is 7.15. The van der Waals surface area contributed by atoms with Crippen LogP contribution in [0.25, 0.3) is 4.98 Å². The number of hydrogen-bond acceptors (Lipinski definition) is 3. The first-order chi connectivity index (χ1) is 5.24. The highest BCUT2D eigenvalue weighted by Crippen LogP contribution is 2.18. The van der Waals surface area contributed by atoms with E-state index in [-0.39, 0.29) is 11.4 Å². The van der Waals surface area contributed by atoms with Gasteiger partial charge in [-0.1, -0.05) is 0 Å². The molecule has 53 valence electrons. The van der Waals surface area contributed by atoms with Crippen LogP contribution in [0.1, 0.15) is 0 Å². The highest BCUT2D eigenvalue weighted by atomic mass is 16.6. The van der Waals surface area contributed by atoms with Crippen LogP contribution in [0, 0.1) is 21.6 Å². The lowest BCUT2D eigenvalue weighted by Gasteiger charge is -1.83. The van der Waals surface area contributed by atoms with Crippen LogP contribution in [0.3, 0.4) is 0 Å². The normalized spacial score (nSPS) is 8.64. The molecule has 0 aliphatic carbocycles. The van der Waals surface area contributed by atoms with Crippen molar-refractivity contribution < 1.29 is 4.92 Å². The minimum Gasteiger partial charge on any atom is -0.258 e. The summed E-state index contributed by atoms with van der Waals surface area (Å²) >= 11 is 0. The van der Waals surface area contributed by atoms with E-state index in [9.17, 15) is 10.1 Å². The van der Waals surface area contributed by atoms with Gasteiger partial charge in [-0.15, -0.1) is 0 Å². The molecule has 0 bridgehead atoms. The molecule has 0 aromatic heterocycles. The number of nitro groups is 1. The predicted molar refractivity (Wildman–Crippen MR) is 36.7 cm³/mol. The molecule has 0 spiro atoms. The second-order valence-electron chi connectivity index (χ2n) is 1.79. The largest absolute Gasteiger partial charge is 0.399 e. The molecular formula is C6H3N3O2+. The lowest BCUT2D eigenvalue weighted by molar-refractivity contribution is -0.384. The van der Waals surface area contributed by atoms with E-state index in [2.05, 4.69) is 11.0 Å². The Hall–Kier alpha value is -1.96. The van der Waals surface area contributed by atoms with E-state index in [1.807, 2.05) is 0 Å². The van der Waals surface area contributed by atoms with Gasteiger partial charge in [0.2, 0.25) is 5.39 Å². The molecule has 5 heteroatoms. The summed E-state index contributed by atoms with van der Waals surface area (Å²) in [5.74, 6) is 0. The highest BCUT2D eigenvalue weighted by molar-refractivity contribution is 5.49. The van der Waals surface area contributed by atoms with Gasteiger partial charge in [-0.05, 0) is 6.07 Å². The van der Waals surface area contributed by atoms with Gasteiger partial charge >= 0.3 is 5.69 Å². The van der Waals surface area contributed by atoms with E-state index < -0.39 is 4.92 Å². The van der Waals surface area contributed by atoms with E-state index in [4.69, 9.17) is 5.39 Å². The van der Waals surface area contributed by atoms with E-state index in [1.165, 1.54) is 12.1 Å². The van der Waals surface area contributed by atoms with Crippen LogP contribution in [0.4, 0.5) is 11.4 Å². The van der Waals surface area contributed by atoms with Crippen molar-refractivity contribution in [3.63, 3.8) is 0 Å². The van der Waals surface area contributed by atoms with Crippen LogP contribution in [-0.4, -0.2) is 4.92 Å². The third-order valence-electron chi connectivity index (χ3n) is 1.09. The molecule has 0 N–H and O–H groups in total. The fourth-order valence-corrected chi connectivity index (χ4v) is 0.614. The van der Waals surface area contributed by atoms with Crippen molar-refractivity contribution in [3.05, 3.63) is 39.4 Å². The second kappa shape index (κ2) is 2.75.